The molecule has 1 aromatic carbocycles. The zero-order valence-electron chi connectivity index (χ0n) is 11.9. The topological polar surface area (TPSA) is 86.3 Å². The Kier molecular flexibility index (Phi) is 3.81. The molecule has 2 heterocycles. The van der Waals surface area contributed by atoms with Crippen molar-refractivity contribution in [2.45, 2.75) is 12.1 Å². The van der Waals surface area contributed by atoms with Crippen LogP contribution in [-0.4, -0.2) is 50.8 Å². The first-order chi connectivity index (χ1) is 10.9. The average molecular weight is 338 g/mol. The van der Waals surface area contributed by atoms with Gasteiger partial charge in [0.2, 0.25) is 5.67 Å². The van der Waals surface area contributed by atoms with Crippen LogP contribution in [0.2, 0.25) is 5.02 Å². The fourth-order valence-electron chi connectivity index (χ4n) is 2.53. The summed E-state index contributed by atoms with van der Waals surface area (Å²) in [6.07, 6.45) is -0.223. The maximum Gasteiger partial charge on any atom is 0.343 e. The van der Waals surface area contributed by atoms with E-state index in [9.17, 15) is 14.0 Å². The number of hydrogen-bond donors (Lipinski definition) is 2. The number of rotatable bonds is 3. The fourth-order valence-corrected chi connectivity index (χ4v) is 2.76. The van der Waals surface area contributed by atoms with E-state index in [0.29, 0.717) is 16.3 Å². The van der Waals surface area contributed by atoms with Gasteiger partial charge in [0.05, 0.1) is 17.3 Å². The number of halogens is 2. The molecule has 0 bridgehead atoms. The Morgan fingerprint density at radius 3 is 2.78 bits per heavy atom. The molecule has 0 spiro atoms. The van der Waals surface area contributed by atoms with Crippen LogP contribution in [0.15, 0.2) is 30.3 Å². The Balaban J connectivity index is 1.80. The number of aromatic nitrogens is 2. The number of H-pyrrole nitrogens is 1. The zero-order chi connectivity index (χ0) is 16.6. The largest absolute Gasteiger partial charge is 0.479 e. The van der Waals surface area contributed by atoms with Gasteiger partial charge in [-0.2, -0.15) is 5.10 Å². The molecular weight excluding hydrogens is 325 g/mol. The van der Waals surface area contributed by atoms with Gasteiger partial charge in [0.15, 0.2) is 0 Å². The molecule has 2 N–H and O–H groups in total. The van der Waals surface area contributed by atoms with Crippen molar-refractivity contribution in [2.75, 3.05) is 13.1 Å². The molecule has 2 aromatic rings. The minimum atomic E-state index is -2.39. The van der Waals surface area contributed by atoms with Crippen molar-refractivity contribution in [3.8, 4) is 11.3 Å². The molecule has 1 aliphatic heterocycles. The van der Waals surface area contributed by atoms with Crippen molar-refractivity contribution in [1.82, 2.24) is 15.1 Å². The number of amides is 1. The van der Waals surface area contributed by atoms with Gasteiger partial charge in [-0.25, -0.2) is 9.18 Å². The van der Waals surface area contributed by atoms with E-state index >= 15 is 0 Å². The second-order valence-electron chi connectivity index (χ2n) is 5.39. The highest BCUT2D eigenvalue weighted by Crippen LogP contribution is 2.29. The molecule has 6 nitrogen and oxygen atoms in total. The summed E-state index contributed by atoms with van der Waals surface area (Å²) in [5.41, 5.74) is -1.07. The predicted molar refractivity (Wildman–Crippen MR) is 81.0 cm³/mol. The molecule has 1 unspecified atom stereocenters. The van der Waals surface area contributed by atoms with Crippen molar-refractivity contribution in [2.24, 2.45) is 0 Å². The van der Waals surface area contributed by atoms with E-state index in [1.54, 1.807) is 24.3 Å². The van der Waals surface area contributed by atoms with Crippen molar-refractivity contribution in [3.05, 3.63) is 41.0 Å². The number of aromatic amines is 1. The van der Waals surface area contributed by atoms with Crippen LogP contribution in [0, 0.1) is 0 Å². The van der Waals surface area contributed by atoms with Crippen molar-refractivity contribution in [1.29, 1.82) is 0 Å². The summed E-state index contributed by atoms with van der Waals surface area (Å²) in [5, 5.41) is 16.0. The maximum absolute atomic E-state index is 14.0. The molecule has 120 valence electrons. The van der Waals surface area contributed by atoms with Crippen molar-refractivity contribution < 1.29 is 19.1 Å². The highest BCUT2D eigenvalue weighted by molar-refractivity contribution is 6.33. The lowest BCUT2D eigenvalue weighted by molar-refractivity contribution is -0.149. The number of hydrogen-bond acceptors (Lipinski definition) is 3. The van der Waals surface area contributed by atoms with Crippen LogP contribution in [0.1, 0.15) is 16.9 Å². The van der Waals surface area contributed by atoms with Gasteiger partial charge >= 0.3 is 5.97 Å². The third kappa shape index (κ3) is 2.79. The summed E-state index contributed by atoms with van der Waals surface area (Å²) in [4.78, 5) is 24.4. The van der Waals surface area contributed by atoms with E-state index in [1.807, 2.05) is 0 Å². The molecule has 0 radical (unpaired) electrons. The molecule has 0 saturated carbocycles. The van der Waals surface area contributed by atoms with Gasteiger partial charge in [0, 0.05) is 18.5 Å². The number of likely N-dealkylation sites (tertiary alicyclic amines) is 1. The standard InChI is InChI=1S/C15H13ClFN3O3/c16-10-4-2-1-3-9(10)11-7-12(19-18-11)13(21)20-6-5-15(17,8-20)14(22)23/h1-4,7H,5-6,8H2,(H,18,19)(H,22,23). The number of benzene rings is 1. The average Bonchev–Trinajstić information content (AvgIpc) is 3.15. The molecule has 1 aliphatic rings. The van der Waals surface area contributed by atoms with Crippen LogP contribution in [0.5, 0.6) is 0 Å². The number of carbonyl (C=O) groups is 2. The monoisotopic (exact) mass is 337 g/mol. The number of alkyl halides is 1. The van der Waals surface area contributed by atoms with Gasteiger partial charge in [-0.3, -0.25) is 9.89 Å². The SMILES string of the molecule is O=C(c1cc(-c2ccccc2Cl)n[nH]1)N1CCC(F)(C(=O)O)C1. The summed E-state index contributed by atoms with van der Waals surface area (Å²) in [7, 11) is 0. The van der Waals surface area contributed by atoms with E-state index in [2.05, 4.69) is 10.2 Å². The van der Waals surface area contributed by atoms with Crippen LogP contribution < -0.4 is 0 Å². The molecule has 0 aliphatic carbocycles. The lowest BCUT2D eigenvalue weighted by Crippen LogP contribution is -2.39. The van der Waals surface area contributed by atoms with Crippen molar-refractivity contribution >= 4 is 23.5 Å². The summed E-state index contributed by atoms with van der Waals surface area (Å²) >= 11 is 6.08. The number of nitrogens with zero attached hydrogens (tertiary/aromatic N) is 2. The van der Waals surface area contributed by atoms with Crippen LogP contribution in [0.3, 0.4) is 0 Å². The summed E-state index contributed by atoms with van der Waals surface area (Å²) < 4.78 is 14.0. The Morgan fingerprint density at radius 1 is 1.39 bits per heavy atom. The lowest BCUT2D eigenvalue weighted by Gasteiger charge is -2.16. The van der Waals surface area contributed by atoms with E-state index in [1.165, 1.54) is 6.07 Å². The maximum atomic E-state index is 14.0. The molecule has 3 rings (SSSR count). The third-order valence-corrected chi connectivity index (χ3v) is 4.18. The van der Waals surface area contributed by atoms with Crippen LogP contribution in [-0.2, 0) is 4.79 Å². The van der Waals surface area contributed by atoms with Gasteiger partial charge < -0.3 is 10.0 Å². The smallest absolute Gasteiger partial charge is 0.343 e. The number of aliphatic carboxylic acids is 1. The van der Waals surface area contributed by atoms with Gasteiger partial charge in [0.25, 0.3) is 5.91 Å². The normalized spacial score (nSPS) is 20.7. The number of nitrogens with one attached hydrogen (secondary N) is 1. The first kappa shape index (κ1) is 15.5. The van der Waals surface area contributed by atoms with Gasteiger partial charge in [0.1, 0.15) is 5.69 Å². The molecule has 8 heteroatoms. The van der Waals surface area contributed by atoms with Crippen molar-refractivity contribution in [3.63, 3.8) is 0 Å². The number of carboxylic acid groups (broad SMARTS) is 1. The molecule has 1 fully saturated rings. The predicted octanol–water partition coefficient (Wildman–Crippen LogP) is 2.37. The zero-order valence-corrected chi connectivity index (χ0v) is 12.7. The van der Waals surface area contributed by atoms with Crippen LogP contribution in [0.25, 0.3) is 11.3 Å². The Morgan fingerprint density at radius 2 is 2.13 bits per heavy atom. The van der Waals surface area contributed by atoms with E-state index in [-0.39, 0.29) is 18.7 Å². The first-order valence-electron chi connectivity index (χ1n) is 6.92. The van der Waals surface area contributed by atoms with E-state index in [0.717, 1.165) is 4.90 Å². The third-order valence-electron chi connectivity index (χ3n) is 3.85. The second-order valence-corrected chi connectivity index (χ2v) is 5.80. The van der Waals surface area contributed by atoms with Crippen LogP contribution >= 0.6 is 11.6 Å². The highest BCUT2D eigenvalue weighted by atomic mass is 35.5. The van der Waals surface area contributed by atoms with E-state index < -0.39 is 24.1 Å². The molecule has 1 atom stereocenters. The number of carbonyl (C=O) groups excluding carboxylic acids is 1. The minimum absolute atomic E-state index is 0.0437. The number of carboxylic acids is 1. The van der Waals surface area contributed by atoms with Gasteiger partial charge in [-0.15, -0.1) is 0 Å². The minimum Gasteiger partial charge on any atom is -0.479 e. The molecule has 1 amide bonds. The highest BCUT2D eigenvalue weighted by Gasteiger charge is 2.47. The molecular formula is C15H13ClFN3O3. The Labute approximate surface area is 135 Å². The van der Waals surface area contributed by atoms with Gasteiger partial charge in [-0.1, -0.05) is 29.8 Å². The van der Waals surface area contributed by atoms with Crippen LogP contribution in [0.4, 0.5) is 4.39 Å². The molecule has 1 aromatic heterocycles. The first-order valence-corrected chi connectivity index (χ1v) is 7.30. The quantitative estimate of drug-likeness (QED) is 0.900. The fraction of sp³-hybridized carbons (Fsp3) is 0.267. The Hall–Kier alpha value is -2.41. The summed E-state index contributed by atoms with van der Waals surface area (Å²) in [5.74, 6) is -2.04. The van der Waals surface area contributed by atoms with E-state index in [4.69, 9.17) is 16.7 Å². The summed E-state index contributed by atoms with van der Waals surface area (Å²) in [6.45, 7) is -0.427. The molecule has 1 saturated heterocycles. The summed E-state index contributed by atoms with van der Waals surface area (Å²) in [6, 6.07) is 8.56. The second kappa shape index (κ2) is 5.66. The molecule has 23 heavy (non-hydrogen) atoms. The van der Waals surface area contributed by atoms with Gasteiger partial charge in [-0.05, 0) is 12.1 Å². The lowest BCUT2D eigenvalue weighted by atomic mass is 10.1. The Bertz CT molecular complexity index is 779.